The molecule has 3 heteroatoms. The van der Waals surface area contributed by atoms with Gasteiger partial charge in [-0.3, -0.25) is 0 Å². The first-order valence-corrected chi connectivity index (χ1v) is 5.30. The van der Waals surface area contributed by atoms with Crippen LogP contribution in [0, 0.1) is 0 Å². The van der Waals surface area contributed by atoms with Gasteiger partial charge in [-0.2, -0.15) is 0 Å². The van der Waals surface area contributed by atoms with E-state index in [9.17, 15) is 5.11 Å². The van der Waals surface area contributed by atoms with Gasteiger partial charge in [0.25, 0.3) is 0 Å². The summed E-state index contributed by atoms with van der Waals surface area (Å²) in [5.41, 5.74) is 7.92. The number of benzene rings is 2. The molecule has 0 aliphatic carbocycles. The van der Waals surface area contributed by atoms with Crippen molar-refractivity contribution in [3.63, 3.8) is 0 Å². The minimum absolute atomic E-state index is 0.118. The summed E-state index contributed by atoms with van der Waals surface area (Å²) in [6.07, 6.45) is 0. The van der Waals surface area contributed by atoms with Crippen LogP contribution in [0.5, 0.6) is 5.75 Å². The summed E-state index contributed by atoms with van der Waals surface area (Å²) in [4.78, 5) is 0. The lowest BCUT2D eigenvalue weighted by atomic mass is 10.1. The maximum absolute atomic E-state index is 9.49. The summed E-state index contributed by atoms with van der Waals surface area (Å²) in [6.45, 7) is 0. The second kappa shape index (κ2) is 3.95. The third-order valence-electron chi connectivity index (χ3n) is 2.19. The van der Waals surface area contributed by atoms with Crippen molar-refractivity contribution in [3.8, 4) is 16.9 Å². The number of halogens is 1. The predicted octanol–water partition coefficient (Wildman–Crippen LogP) is 3.40. The van der Waals surface area contributed by atoms with E-state index in [0.29, 0.717) is 5.69 Å². The Hall–Kier alpha value is -1.48. The van der Waals surface area contributed by atoms with Gasteiger partial charge in [-0.15, -0.1) is 0 Å². The van der Waals surface area contributed by atoms with E-state index in [1.165, 1.54) is 0 Å². The fraction of sp³-hybridized carbons (Fsp3) is 0. The molecule has 0 unspecified atom stereocenters. The first-order chi connectivity index (χ1) is 7.16. The second-order valence-electron chi connectivity index (χ2n) is 3.28. The third-order valence-corrected chi connectivity index (χ3v) is 2.68. The van der Waals surface area contributed by atoms with Crippen LogP contribution in [-0.2, 0) is 0 Å². The minimum Gasteiger partial charge on any atom is -0.506 e. The SMILES string of the molecule is Nc1ccc(-c2cccc(Br)c2)cc1O. The maximum Gasteiger partial charge on any atom is 0.139 e. The summed E-state index contributed by atoms with van der Waals surface area (Å²) in [7, 11) is 0. The fourth-order valence-corrected chi connectivity index (χ4v) is 1.79. The normalized spacial score (nSPS) is 10.2. The second-order valence-corrected chi connectivity index (χ2v) is 4.20. The Balaban J connectivity index is 2.50. The largest absolute Gasteiger partial charge is 0.506 e. The van der Waals surface area contributed by atoms with Crippen LogP contribution >= 0.6 is 15.9 Å². The highest BCUT2D eigenvalue weighted by Crippen LogP contribution is 2.29. The molecule has 2 rings (SSSR count). The van der Waals surface area contributed by atoms with Gasteiger partial charge in [0.05, 0.1) is 5.69 Å². The van der Waals surface area contributed by atoms with Crippen LogP contribution in [0.15, 0.2) is 46.9 Å². The van der Waals surface area contributed by atoms with Crippen LogP contribution < -0.4 is 5.73 Å². The lowest BCUT2D eigenvalue weighted by Crippen LogP contribution is -1.85. The molecule has 0 fully saturated rings. The van der Waals surface area contributed by atoms with Gasteiger partial charge in [0, 0.05) is 4.47 Å². The molecule has 2 aromatic rings. The van der Waals surface area contributed by atoms with Crippen molar-refractivity contribution in [2.45, 2.75) is 0 Å². The van der Waals surface area contributed by atoms with Crippen LogP contribution in [0.3, 0.4) is 0 Å². The summed E-state index contributed by atoms with van der Waals surface area (Å²) >= 11 is 3.41. The lowest BCUT2D eigenvalue weighted by Gasteiger charge is -2.04. The molecule has 3 N–H and O–H groups in total. The average Bonchev–Trinajstić information content (AvgIpc) is 2.22. The number of rotatable bonds is 1. The van der Waals surface area contributed by atoms with Crippen molar-refractivity contribution in [3.05, 3.63) is 46.9 Å². The van der Waals surface area contributed by atoms with E-state index < -0.39 is 0 Å². The minimum atomic E-state index is 0.118. The van der Waals surface area contributed by atoms with Gasteiger partial charge in [0.1, 0.15) is 5.75 Å². The molecular weight excluding hydrogens is 254 g/mol. The highest BCUT2D eigenvalue weighted by Gasteiger charge is 2.01. The number of hydrogen-bond donors (Lipinski definition) is 2. The van der Waals surface area contributed by atoms with E-state index in [1.807, 2.05) is 30.3 Å². The number of nitrogens with two attached hydrogens (primary N) is 1. The number of hydrogen-bond acceptors (Lipinski definition) is 2. The van der Waals surface area contributed by atoms with Gasteiger partial charge < -0.3 is 10.8 Å². The van der Waals surface area contributed by atoms with Crippen molar-refractivity contribution in [2.24, 2.45) is 0 Å². The Morgan fingerprint density at radius 2 is 1.73 bits per heavy atom. The molecule has 0 radical (unpaired) electrons. The van der Waals surface area contributed by atoms with Crippen LogP contribution in [0.25, 0.3) is 11.1 Å². The quantitative estimate of drug-likeness (QED) is 0.612. The van der Waals surface area contributed by atoms with Crippen LogP contribution in [0.2, 0.25) is 0 Å². The van der Waals surface area contributed by atoms with Gasteiger partial charge in [0.2, 0.25) is 0 Å². The summed E-state index contributed by atoms with van der Waals surface area (Å²) in [5.74, 6) is 0.118. The van der Waals surface area contributed by atoms with E-state index >= 15 is 0 Å². The Kier molecular flexibility index (Phi) is 2.64. The zero-order valence-electron chi connectivity index (χ0n) is 7.94. The standard InChI is InChI=1S/C12H10BrNO/c13-10-3-1-2-8(6-10)9-4-5-11(14)12(15)7-9/h1-7,15H,14H2. The molecule has 0 saturated carbocycles. The summed E-state index contributed by atoms with van der Waals surface area (Å²) in [6, 6.07) is 13.1. The molecule has 0 aliphatic rings. The maximum atomic E-state index is 9.49. The smallest absolute Gasteiger partial charge is 0.139 e. The molecular formula is C12H10BrNO. The van der Waals surface area contributed by atoms with Crippen molar-refractivity contribution in [1.29, 1.82) is 0 Å². The van der Waals surface area contributed by atoms with Gasteiger partial charge in [-0.25, -0.2) is 0 Å². The predicted molar refractivity (Wildman–Crippen MR) is 65.7 cm³/mol. The van der Waals surface area contributed by atoms with Crippen molar-refractivity contribution >= 4 is 21.6 Å². The molecule has 0 spiro atoms. The van der Waals surface area contributed by atoms with E-state index in [2.05, 4.69) is 15.9 Å². The van der Waals surface area contributed by atoms with Crippen molar-refractivity contribution < 1.29 is 5.11 Å². The lowest BCUT2D eigenvalue weighted by molar-refractivity contribution is 0.478. The average molecular weight is 264 g/mol. The third kappa shape index (κ3) is 2.13. The molecule has 0 heterocycles. The molecule has 76 valence electrons. The molecule has 0 amide bonds. The van der Waals surface area contributed by atoms with E-state index in [0.717, 1.165) is 15.6 Å². The topological polar surface area (TPSA) is 46.2 Å². The first-order valence-electron chi connectivity index (χ1n) is 4.51. The number of nitrogen functional groups attached to an aromatic ring is 1. The Morgan fingerprint density at radius 3 is 2.40 bits per heavy atom. The van der Waals surface area contributed by atoms with E-state index in [1.54, 1.807) is 12.1 Å². The zero-order valence-corrected chi connectivity index (χ0v) is 9.53. The first kappa shape index (κ1) is 10.1. The number of anilines is 1. The molecule has 0 aromatic heterocycles. The monoisotopic (exact) mass is 263 g/mol. The van der Waals surface area contributed by atoms with E-state index in [4.69, 9.17) is 5.73 Å². The number of phenolic OH excluding ortho intramolecular Hbond substituents is 1. The molecule has 15 heavy (non-hydrogen) atoms. The Bertz CT molecular complexity index is 497. The van der Waals surface area contributed by atoms with Crippen LogP contribution in [0.1, 0.15) is 0 Å². The van der Waals surface area contributed by atoms with E-state index in [-0.39, 0.29) is 5.75 Å². The molecule has 2 aromatic carbocycles. The molecule has 0 aliphatic heterocycles. The molecule has 0 atom stereocenters. The summed E-state index contributed by atoms with van der Waals surface area (Å²) < 4.78 is 1.01. The molecule has 0 saturated heterocycles. The Morgan fingerprint density at radius 1 is 1.00 bits per heavy atom. The van der Waals surface area contributed by atoms with Gasteiger partial charge in [-0.05, 0) is 35.4 Å². The van der Waals surface area contributed by atoms with Gasteiger partial charge in [-0.1, -0.05) is 34.1 Å². The highest BCUT2D eigenvalue weighted by molar-refractivity contribution is 9.10. The fourth-order valence-electron chi connectivity index (χ4n) is 1.39. The highest BCUT2D eigenvalue weighted by atomic mass is 79.9. The molecule has 0 bridgehead atoms. The number of aromatic hydroxyl groups is 1. The van der Waals surface area contributed by atoms with Crippen LogP contribution in [-0.4, -0.2) is 5.11 Å². The summed E-state index contributed by atoms with van der Waals surface area (Å²) in [5, 5.41) is 9.49. The van der Waals surface area contributed by atoms with Crippen LogP contribution in [0.4, 0.5) is 5.69 Å². The van der Waals surface area contributed by atoms with Crippen molar-refractivity contribution in [2.75, 3.05) is 5.73 Å². The van der Waals surface area contributed by atoms with Gasteiger partial charge in [0.15, 0.2) is 0 Å². The van der Waals surface area contributed by atoms with Crippen molar-refractivity contribution in [1.82, 2.24) is 0 Å². The van der Waals surface area contributed by atoms with Gasteiger partial charge >= 0.3 is 0 Å². The molecule has 2 nitrogen and oxygen atoms in total. The number of phenols is 1. The Labute approximate surface area is 96.5 Å². The zero-order chi connectivity index (χ0) is 10.8.